The van der Waals surface area contributed by atoms with Gasteiger partial charge in [-0.2, -0.15) is 5.10 Å². The maximum Gasteiger partial charge on any atom is 0.305 e. The molecule has 1 amide bonds. The molecule has 3 rings (SSSR count). The quantitative estimate of drug-likeness (QED) is 0.628. The third-order valence-electron chi connectivity index (χ3n) is 3.81. The fourth-order valence-electron chi connectivity index (χ4n) is 2.49. The smallest absolute Gasteiger partial charge is 0.305 e. The van der Waals surface area contributed by atoms with Crippen molar-refractivity contribution in [3.63, 3.8) is 0 Å². The molecule has 2 aromatic carbocycles. The van der Waals surface area contributed by atoms with Gasteiger partial charge in [-0.1, -0.05) is 65.9 Å². The molecule has 7 heteroatoms. The van der Waals surface area contributed by atoms with Gasteiger partial charge in [0.15, 0.2) is 5.17 Å². The zero-order valence-electron chi connectivity index (χ0n) is 14.0. The van der Waals surface area contributed by atoms with E-state index >= 15 is 0 Å². The van der Waals surface area contributed by atoms with Gasteiger partial charge in [-0.05, 0) is 18.1 Å². The van der Waals surface area contributed by atoms with Crippen molar-refractivity contribution in [2.45, 2.75) is 18.6 Å². The van der Waals surface area contributed by atoms with Crippen LogP contribution < -0.4 is 5.32 Å². The van der Waals surface area contributed by atoms with Gasteiger partial charge in [0, 0.05) is 5.56 Å². The summed E-state index contributed by atoms with van der Waals surface area (Å²) in [4.78, 5) is 22.4. The molecule has 1 heterocycles. The first-order valence-electron chi connectivity index (χ1n) is 7.99. The number of carbonyl (C=O) groups excluding carboxylic acids is 1. The van der Waals surface area contributed by atoms with Crippen LogP contribution in [-0.2, 0) is 9.59 Å². The van der Waals surface area contributed by atoms with Gasteiger partial charge < -0.3 is 10.4 Å². The van der Waals surface area contributed by atoms with E-state index < -0.39 is 11.2 Å². The Labute approximate surface area is 155 Å². The van der Waals surface area contributed by atoms with Gasteiger partial charge in [0.05, 0.1) is 12.6 Å². The molecule has 0 radical (unpaired) electrons. The minimum atomic E-state index is -1.02. The molecule has 0 aliphatic carbocycles. The molecule has 2 aromatic rings. The predicted octanol–water partition coefficient (Wildman–Crippen LogP) is 3.06. The van der Waals surface area contributed by atoms with E-state index in [-0.39, 0.29) is 12.3 Å². The van der Waals surface area contributed by atoms with Crippen LogP contribution in [0.15, 0.2) is 58.7 Å². The van der Waals surface area contributed by atoms with Crippen LogP contribution in [0, 0.1) is 6.92 Å². The van der Waals surface area contributed by atoms with E-state index in [2.05, 4.69) is 39.8 Å². The van der Waals surface area contributed by atoms with Gasteiger partial charge in [-0.15, -0.1) is 5.10 Å². The number of nitrogens with one attached hydrogen (secondary N) is 1. The fraction of sp³-hybridized carbons (Fsp3) is 0.158. The molecule has 132 valence electrons. The van der Waals surface area contributed by atoms with Crippen molar-refractivity contribution in [1.29, 1.82) is 0 Å². The van der Waals surface area contributed by atoms with Crippen molar-refractivity contribution < 1.29 is 14.7 Å². The molecular weight excluding hydrogens is 350 g/mol. The molecule has 0 aromatic heterocycles. The van der Waals surface area contributed by atoms with Crippen molar-refractivity contribution in [3.05, 3.63) is 59.7 Å². The standard InChI is InChI=1S/C19H17N3O3S/c1-12-6-8-13(9-7-12)15-5-3-2-4-14(15)11-20-22-19-21-18(25)16(26-19)10-17(23)24/h2-9,11,16H,10H2,1H3,(H,23,24)(H,21,22,25). The number of carbonyl (C=O) groups is 2. The number of thioether (sulfide) groups is 1. The molecule has 1 unspecified atom stereocenters. The number of carboxylic acid groups (broad SMARTS) is 1. The second kappa shape index (κ2) is 7.97. The normalized spacial score (nSPS) is 18.4. The monoisotopic (exact) mass is 367 g/mol. The first kappa shape index (κ1) is 17.9. The summed E-state index contributed by atoms with van der Waals surface area (Å²) in [6, 6.07) is 16.0. The number of nitrogens with zero attached hydrogens (tertiary/aromatic N) is 2. The minimum absolute atomic E-state index is 0.241. The Balaban J connectivity index is 1.76. The Kier molecular flexibility index (Phi) is 5.48. The van der Waals surface area contributed by atoms with Gasteiger partial charge in [-0.3, -0.25) is 9.59 Å². The van der Waals surface area contributed by atoms with Crippen LogP contribution in [0.5, 0.6) is 0 Å². The highest BCUT2D eigenvalue weighted by Gasteiger charge is 2.32. The maximum atomic E-state index is 11.7. The van der Waals surface area contributed by atoms with Gasteiger partial charge in [0.25, 0.3) is 0 Å². The third-order valence-corrected chi connectivity index (χ3v) is 4.88. The van der Waals surface area contributed by atoms with E-state index in [1.165, 1.54) is 5.56 Å². The molecule has 1 fully saturated rings. The summed E-state index contributed by atoms with van der Waals surface area (Å²) in [5.74, 6) is -1.37. The molecule has 1 aliphatic rings. The minimum Gasteiger partial charge on any atom is -0.481 e. The van der Waals surface area contributed by atoms with Gasteiger partial charge >= 0.3 is 5.97 Å². The molecule has 26 heavy (non-hydrogen) atoms. The zero-order chi connectivity index (χ0) is 18.5. The highest BCUT2D eigenvalue weighted by molar-refractivity contribution is 8.15. The number of hydrogen-bond acceptors (Lipinski definition) is 5. The first-order valence-corrected chi connectivity index (χ1v) is 8.87. The Bertz CT molecular complexity index is 891. The van der Waals surface area contributed by atoms with Crippen LogP contribution in [0.3, 0.4) is 0 Å². The number of aryl methyl sites for hydroxylation is 1. The topological polar surface area (TPSA) is 91.1 Å². The summed E-state index contributed by atoms with van der Waals surface area (Å²) in [6.07, 6.45) is 1.38. The van der Waals surface area contributed by atoms with Crippen molar-refractivity contribution in [3.8, 4) is 11.1 Å². The Morgan fingerprint density at radius 1 is 1.23 bits per heavy atom. The number of carboxylic acids is 1. The van der Waals surface area contributed by atoms with E-state index in [1.54, 1.807) is 6.21 Å². The Morgan fingerprint density at radius 3 is 2.69 bits per heavy atom. The number of amidine groups is 1. The SMILES string of the molecule is Cc1ccc(-c2ccccc2C=NN=C2NC(=O)C(CC(=O)O)S2)cc1. The number of hydrogen-bond donors (Lipinski definition) is 2. The van der Waals surface area contributed by atoms with Gasteiger partial charge in [-0.25, -0.2) is 0 Å². The molecule has 0 spiro atoms. The van der Waals surface area contributed by atoms with Crippen molar-refractivity contribution in [2.75, 3.05) is 0 Å². The number of rotatable bonds is 5. The van der Waals surface area contributed by atoms with Crippen LogP contribution in [0.25, 0.3) is 11.1 Å². The zero-order valence-corrected chi connectivity index (χ0v) is 14.9. The summed E-state index contributed by atoms with van der Waals surface area (Å²) < 4.78 is 0. The van der Waals surface area contributed by atoms with E-state index in [0.717, 1.165) is 28.5 Å². The van der Waals surface area contributed by atoms with E-state index in [4.69, 9.17) is 5.11 Å². The lowest BCUT2D eigenvalue weighted by molar-refractivity contribution is -0.138. The molecule has 2 N–H and O–H groups in total. The van der Waals surface area contributed by atoms with Gasteiger partial charge in [0.1, 0.15) is 5.25 Å². The lowest BCUT2D eigenvalue weighted by Crippen LogP contribution is -2.26. The maximum absolute atomic E-state index is 11.7. The largest absolute Gasteiger partial charge is 0.481 e. The van der Waals surface area contributed by atoms with Crippen LogP contribution >= 0.6 is 11.8 Å². The van der Waals surface area contributed by atoms with Crippen molar-refractivity contribution >= 4 is 35.0 Å². The Hall–Kier alpha value is -2.93. The summed E-state index contributed by atoms with van der Waals surface area (Å²) in [6.45, 7) is 2.04. The number of amides is 1. The molecule has 1 aliphatic heterocycles. The van der Waals surface area contributed by atoms with Gasteiger partial charge in [0.2, 0.25) is 5.91 Å². The molecule has 0 saturated carbocycles. The highest BCUT2D eigenvalue weighted by atomic mass is 32.2. The summed E-state index contributed by atoms with van der Waals surface area (Å²) in [7, 11) is 0. The fourth-order valence-corrected chi connectivity index (χ4v) is 3.41. The van der Waals surface area contributed by atoms with Crippen LogP contribution in [0.4, 0.5) is 0 Å². The predicted molar refractivity (Wildman–Crippen MR) is 103 cm³/mol. The second-order valence-electron chi connectivity index (χ2n) is 5.80. The van der Waals surface area contributed by atoms with Crippen LogP contribution in [-0.4, -0.2) is 33.6 Å². The molecule has 6 nitrogen and oxygen atoms in total. The van der Waals surface area contributed by atoms with Crippen molar-refractivity contribution in [2.24, 2.45) is 10.2 Å². The highest BCUT2D eigenvalue weighted by Crippen LogP contribution is 2.24. The van der Waals surface area contributed by atoms with Crippen LogP contribution in [0.2, 0.25) is 0 Å². The van der Waals surface area contributed by atoms with Crippen molar-refractivity contribution in [1.82, 2.24) is 5.32 Å². The molecular formula is C19H17N3O3S. The molecule has 0 bridgehead atoms. The van der Waals surface area contributed by atoms with Crippen LogP contribution in [0.1, 0.15) is 17.5 Å². The van der Waals surface area contributed by atoms with E-state index in [0.29, 0.717) is 5.17 Å². The second-order valence-corrected chi connectivity index (χ2v) is 6.99. The lowest BCUT2D eigenvalue weighted by Gasteiger charge is -2.05. The number of aliphatic carboxylic acids is 1. The molecule has 1 atom stereocenters. The summed E-state index contributed by atoms with van der Waals surface area (Å²) in [5.41, 5.74) is 4.20. The van der Waals surface area contributed by atoms with E-state index in [1.807, 2.05) is 31.2 Å². The summed E-state index contributed by atoms with van der Waals surface area (Å²) in [5, 5.41) is 19.0. The third kappa shape index (κ3) is 4.37. The average Bonchev–Trinajstić information content (AvgIpc) is 2.95. The first-order chi connectivity index (χ1) is 12.5. The summed E-state index contributed by atoms with van der Waals surface area (Å²) >= 11 is 1.08. The van der Waals surface area contributed by atoms with E-state index in [9.17, 15) is 9.59 Å². The average molecular weight is 367 g/mol. The Morgan fingerprint density at radius 2 is 1.96 bits per heavy atom. The number of benzene rings is 2. The lowest BCUT2D eigenvalue weighted by atomic mass is 9.99. The molecule has 1 saturated heterocycles.